The molecule has 36 heavy (non-hydrogen) atoms. The van der Waals surface area contributed by atoms with E-state index in [1.807, 2.05) is 74.0 Å². The van der Waals surface area contributed by atoms with Gasteiger partial charge in [0.25, 0.3) is 0 Å². The molecule has 6 nitrogen and oxygen atoms in total. The van der Waals surface area contributed by atoms with E-state index in [1.54, 1.807) is 18.6 Å². The van der Waals surface area contributed by atoms with Crippen LogP contribution in [0.15, 0.2) is 61.7 Å². The summed E-state index contributed by atoms with van der Waals surface area (Å²) >= 11 is 6.58. The van der Waals surface area contributed by atoms with Crippen LogP contribution in [-0.4, -0.2) is 27.3 Å². The molecule has 0 saturated carbocycles. The number of fused-ring (bicyclic) bond motifs is 1. The number of carbonyl (C=O) groups is 1. The van der Waals surface area contributed by atoms with Crippen LogP contribution in [-0.2, 0) is 17.9 Å². The lowest BCUT2D eigenvalue weighted by Crippen LogP contribution is -2.34. The average molecular weight is 507 g/mol. The van der Waals surface area contributed by atoms with Crippen LogP contribution < -0.4 is 9.64 Å². The zero-order valence-corrected chi connectivity index (χ0v) is 22.5. The van der Waals surface area contributed by atoms with Crippen LogP contribution in [0.1, 0.15) is 50.9 Å². The second-order valence-corrected chi connectivity index (χ2v) is 9.38. The molecular formula is C29H35ClN4O2. The third-order valence-corrected chi connectivity index (χ3v) is 6.15. The van der Waals surface area contributed by atoms with Crippen LogP contribution in [0.4, 0.5) is 5.69 Å². The topological polar surface area (TPSA) is 58.6 Å². The molecule has 190 valence electrons. The van der Waals surface area contributed by atoms with E-state index in [2.05, 4.69) is 18.5 Å². The fourth-order valence-electron chi connectivity index (χ4n) is 4.12. The number of hydrogen-bond acceptors (Lipinski definition) is 5. The molecule has 0 aliphatic rings. The molecule has 3 rings (SSSR count). The van der Waals surface area contributed by atoms with Gasteiger partial charge in [-0.1, -0.05) is 57.2 Å². The highest BCUT2D eigenvalue weighted by atomic mass is 35.5. The first-order chi connectivity index (χ1) is 17.3. The number of aryl methyl sites for hydroxylation is 1. The third kappa shape index (κ3) is 6.24. The van der Waals surface area contributed by atoms with Crippen LogP contribution in [0.2, 0.25) is 5.02 Å². The number of carbonyl (C=O) groups excluding carboxylic acids is 1. The summed E-state index contributed by atoms with van der Waals surface area (Å²) in [6.07, 6.45) is 9.94. The van der Waals surface area contributed by atoms with Gasteiger partial charge in [0, 0.05) is 60.4 Å². The first kappa shape index (κ1) is 27.2. The maximum absolute atomic E-state index is 12.8. The smallest absolute Gasteiger partial charge is 0.225 e. The van der Waals surface area contributed by atoms with Gasteiger partial charge in [-0.15, -0.1) is 0 Å². The molecule has 0 aliphatic carbocycles. The van der Waals surface area contributed by atoms with Crippen molar-refractivity contribution in [2.75, 3.05) is 11.4 Å². The number of para-hydroxylation sites is 1. The van der Waals surface area contributed by atoms with Crippen molar-refractivity contribution in [3.63, 3.8) is 0 Å². The predicted octanol–water partition coefficient (Wildman–Crippen LogP) is 7.05. The number of ether oxygens (including phenoxy) is 1. The normalized spacial score (nSPS) is 11.3. The predicted molar refractivity (Wildman–Crippen MR) is 148 cm³/mol. The summed E-state index contributed by atoms with van der Waals surface area (Å²) in [6.45, 7) is 15.1. The van der Waals surface area contributed by atoms with Crippen LogP contribution in [0, 0.1) is 12.8 Å². The Balaban J connectivity index is 1.96. The molecule has 0 saturated heterocycles. The van der Waals surface area contributed by atoms with Crippen LogP contribution in [0.25, 0.3) is 10.9 Å². The number of aromatic nitrogens is 2. The van der Waals surface area contributed by atoms with Crippen molar-refractivity contribution in [2.45, 2.75) is 54.2 Å². The lowest BCUT2D eigenvalue weighted by atomic mass is 10.1. The van der Waals surface area contributed by atoms with Crippen LogP contribution in [0.5, 0.6) is 5.75 Å². The molecule has 2 aromatic heterocycles. The lowest BCUT2D eigenvalue weighted by Gasteiger charge is -2.25. The Morgan fingerprint density at radius 1 is 1.28 bits per heavy atom. The first-order valence-electron chi connectivity index (χ1n) is 12.3. The Bertz CT molecular complexity index is 1260. The summed E-state index contributed by atoms with van der Waals surface area (Å²) in [4.78, 5) is 25.6. The number of rotatable bonds is 11. The summed E-state index contributed by atoms with van der Waals surface area (Å²) in [5.41, 5.74) is 4.30. The van der Waals surface area contributed by atoms with Gasteiger partial charge in [0.2, 0.25) is 5.91 Å². The quantitative estimate of drug-likeness (QED) is 0.279. The standard InChI is InChI=1S/C29H35ClN4O2/c1-7-13-33(9-3)26-15-21(6)32-28-23(26)11-10-12-27(28)36-19-24-22(16-31-17-25(24)30)18-34(14-8-2)29(35)20(4)5/h7,9-13,15-17,20H,3,8,14,18-19H2,1-2,4-6H3/b13-7-. The SMILES string of the molecule is C=CN(/C=C\C)c1cc(C)nc2c(OCc3c(Cl)cncc3CN(CCC)C(=O)C(C)C)cccc12. The number of nitrogens with zero attached hydrogens (tertiary/aromatic N) is 4. The van der Waals surface area contributed by atoms with Crippen molar-refractivity contribution in [1.29, 1.82) is 0 Å². The van der Waals surface area contributed by atoms with E-state index < -0.39 is 0 Å². The maximum Gasteiger partial charge on any atom is 0.225 e. The van der Waals surface area contributed by atoms with Crippen LogP contribution in [0.3, 0.4) is 0 Å². The molecule has 0 aliphatic heterocycles. The molecule has 0 fully saturated rings. The van der Waals surface area contributed by atoms with Crippen molar-refractivity contribution >= 4 is 34.1 Å². The van der Waals surface area contributed by atoms with Gasteiger partial charge in [0.05, 0.1) is 10.7 Å². The number of amides is 1. The third-order valence-electron chi connectivity index (χ3n) is 5.82. The zero-order valence-electron chi connectivity index (χ0n) is 21.8. The number of anilines is 1. The summed E-state index contributed by atoms with van der Waals surface area (Å²) < 4.78 is 6.32. The molecule has 1 aromatic carbocycles. The number of hydrogen-bond donors (Lipinski definition) is 0. The van der Waals surface area contributed by atoms with Crippen molar-refractivity contribution in [2.24, 2.45) is 5.92 Å². The van der Waals surface area contributed by atoms with Gasteiger partial charge < -0.3 is 14.5 Å². The fourth-order valence-corrected chi connectivity index (χ4v) is 4.35. The molecule has 0 radical (unpaired) electrons. The molecule has 0 N–H and O–H groups in total. The van der Waals surface area contributed by atoms with E-state index >= 15 is 0 Å². The van der Waals surface area contributed by atoms with Crippen molar-refractivity contribution < 1.29 is 9.53 Å². The highest BCUT2D eigenvalue weighted by molar-refractivity contribution is 6.31. The van der Waals surface area contributed by atoms with Crippen LogP contribution >= 0.6 is 11.6 Å². The molecule has 2 heterocycles. The summed E-state index contributed by atoms with van der Waals surface area (Å²) in [5.74, 6) is 0.683. The minimum atomic E-state index is -0.0831. The molecule has 0 unspecified atom stereocenters. The number of allylic oxidation sites excluding steroid dienone is 1. The Morgan fingerprint density at radius 2 is 2.06 bits per heavy atom. The summed E-state index contributed by atoms with van der Waals surface area (Å²) in [6, 6.07) is 7.91. The van der Waals surface area contributed by atoms with E-state index in [4.69, 9.17) is 21.3 Å². The highest BCUT2D eigenvalue weighted by Gasteiger charge is 2.20. The Labute approximate surface area is 219 Å². The van der Waals surface area contributed by atoms with Crippen molar-refractivity contribution in [3.05, 3.63) is 83.6 Å². The fraction of sp³-hybridized carbons (Fsp3) is 0.345. The number of pyridine rings is 2. The van der Waals surface area contributed by atoms with Gasteiger partial charge in [0.15, 0.2) is 0 Å². The Hall–Kier alpha value is -3.38. The molecular weight excluding hydrogens is 472 g/mol. The largest absolute Gasteiger partial charge is 0.487 e. The van der Waals surface area contributed by atoms with E-state index in [9.17, 15) is 4.79 Å². The van der Waals surface area contributed by atoms with E-state index in [1.165, 1.54) is 0 Å². The molecule has 0 spiro atoms. The maximum atomic E-state index is 12.8. The lowest BCUT2D eigenvalue weighted by molar-refractivity contribution is -0.135. The Kier molecular flexibility index (Phi) is 9.48. The van der Waals surface area contributed by atoms with Gasteiger partial charge in [-0.25, -0.2) is 4.98 Å². The monoisotopic (exact) mass is 506 g/mol. The van der Waals surface area contributed by atoms with E-state index in [0.29, 0.717) is 23.9 Å². The van der Waals surface area contributed by atoms with E-state index in [-0.39, 0.29) is 18.4 Å². The van der Waals surface area contributed by atoms with Crippen molar-refractivity contribution in [1.82, 2.24) is 14.9 Å². The molecule has 7 heteroatoms. The van der Waals surface area contributed by atoms with Crippen molar-refractivity contribution in [3.8, 4) is 5.75 Å². The second-order valence-electron chi connectivity index (χ2n) is 8.97. The average Bonchev–Trinajstić information content (AvgIpc) is 2.85. The second kappa shape index (κ2) is 12.5. The molecule has 0 bridgehead atoms. The van der Waals surface area contributed by atoms with Gasteiger partial charge in [-0.2, -0.15) is 0 Å². The van der Waals surface area contributed by atoms with E-state index in [0.717, 1.165) is 39.8 Å². The van der Waals surface area contributed by atoms with Gasteiger partial charge in [-0.3, -0.25) is 9.78 Å². The summed E-state index contributed by atoms with van der Waals surface area (Å²) in [7, 11) is 0. The van der Waals surface area contributed by atoms with Gasteiger partial charge >= 0.3 is 0 Å². The minimum Gasteiger partial charge on any atom is -0.487 e. The minimum absolute atomic E-state index is 0.0831. The first-order valence-corrected chi connectivity index (χ1v) is 12.6. The number of halogens is 1. The van der Waals surface area contributed by atoms with Gasteiger partial charge in [0.1, 0.15) is 17.9 Å². The molecule has 0 atom stereocenters. The van der Waals surface area contributed by atoms with Gasteiger partial charge in [-0.05, 0) is 38.0 Å². The number of benzene rings is 1. The zero-order chi connectivity index (χ0) is 26.2. The molecule has 1 amide bonds. The Morgan fingerprint density at radius 3 is 2.72 bits per heavy atom. The highest BCUT2D eigenvalue weighted by Crippen LogP contribution is 2.34. The molecule has 3 aromatic rings. The summed E-state index contributed by atoms with van der Waals surface area (Å²) in [5, 5.41) is 1.46.